The molecule has 1 atom stereocenters. The SMILES string of the molecule is COc1cc(C2Nn3c(nnc3-c3cccnc3)S2)ccc1O. The first kappa shape index (κ1) is 13.9. The van der Waals surface area contributed by atoms with Crippen LogP contribution < -0.4 is 10.2 Å². The summed E-state index contributed by atoms with van der Waals surface area (Å²) in [7, 11) is 1.53. The largest absolute Gasteiger partial charge is 0.504 e. The van der Waals surface area contributed by atoms with Gasteiger partial charge in [-0.2, -0.15) is 0 Å². The van der Waals surface area contributed by atoms with E-state index < -0.39 is 0 Å². The molecule has 1 unspecified atom stereocenters. The number of aromatic hydroxyl groups is 1. The summed E-state index contributed by atoms with van der Waals surface area (Å²) in [5, 5.41) is 18.9. The van der Waals surface area contributed by atoms with E-state index in [1.807, 2.05) is 28.9 Å². The van der Waals surface area contributed by atoms with Crippen LogP contribution in [0.5, 0.6) is 11.5 Å². The van der Waals surface area contributed by atoms with E-state index in [9.17, 15) is 5.11 Å². The average Bonchev–Trinajstić information content (AvgIpc) is 3.16. The Kier molecular flexibility index (Phi) is 3.30. The fourth-order valence-corrected chi connectivity index (χ4v) is 3.38. The number of ether oxygens (including phenoxy) is 1. The summed E-state index contributed by atoms with van der Waals surface area (Å²) >= 11 is 1.55. The maximum Gasteiger partial charge on any atom is 0.212 e. The zero-order valence-electron chi connectivity index (χ0n) is 12.2. The molecule has 0 bridgehead atoms. The Hall–Kier alpha value is -2.74. The Labute approximate surface area is 136 Å². The van der Waals surface area contributed by atoms with Crippen LogP contribution in [0.1, 0.15) is 10.9 Å². The second kappa shape index (κ2) is 5.47. The predicted octanol–water partition coefficient (Wildman–Crippen LogP) is 2.40. The summed E-state index contributed by atoms with van der Waals surface area (Å²) < 4.78 is 7.02. The molecule has 7 nitrogen and oxygen atoms in total. The topological polar surface area (TPSA) is 85.1 Å². The van der Waals surface area contributed by atoms with E-state index >= 15 is 0 Å². The number of aromatic nitrogens is 4. The van der Waals surface area contributed by atoms with E-state index in [1.54, 1.807) is 30.2 Å². The maximum atomic E-state index is 9.72. The number of thioether (sulfide) groups is 1. The molecular formula is C15H13N5O2S. The number of nitrogens with zero attached hydrogens (tertiary/aromatic N) is 4. The summed E-state index contributed by atoms with van der Waals surface area (Å²) in [6.45, 7) is 0. The van der Waals surface area contributed by atoms with Gasteiger partial charge in [-0.3, -0.25) is 4.98 Å². The lowest BCUT2D eigenvalue weighted by atomic mass is 10.2. The average molecular weight is 327 g/mol. The molecule has 0 saturated carbocycles. The number of phenolic OH excluding ortho intramolecular Hbond substituents is 1. The summed E-state index contributed by atoms with van der Waals surface area (Å²) in [5.41, 5.74) is 5.23. The van der Waals surface area contributed by atoms with Gasteiger partial charge in [0, 0.05) is 18.0 Å². The summed E-state index contributed by atoms with van der Waals surface area (Å²) in [4.78, 5) is 4.12. The van der Waals surface area contributed by atoms with E-state index in [1.165, 1.54) is 7.11 Å². The van der Waals surface area contributed by atoms with E-state index in [0.717, 1.165) is 16.3 Å². The molecule has 0 radical (unpaired) electrons. The van der Waals surface area contributed by atoms with Crippen LogP contribution in [0, 0.1) is 0 Å². The molecule has 2 N–H and O–H groups in total. The first-order chi connectivity index (χ1) is 11.3. The number of methoxy groups -OCH3 is 1. The van der Waals surface area contributed by atoms with Gasteiger partial charge in [0.2, 0.25) is 5.16 Å². The van der Waals surface area contributed by atoms with Crippen molar-refractivity contribution in [3.05, 3.63) is 48.3 Å². The molecule has 0 saturated heterocycles. The standard InChI is InChI=1S/C15H13N5O2S/c1-22-12-7-9(4-5-11(12)21)14-19-20-13(17-18-15(20)23-14)10-3-2-6-16-8-10/h2-8,14,19,21H,1H3. The van der Waals surface area contributed by atoms with Crippen molar-refractivity contribution in [1.82, 2.24) is 19.9 Å². The van der Waals surface area contributed by atoms with Crippen LogP contribution >= 0.6 is 11.8 Å². The number of rotatable bonds is 3. The van der Waals surface area contributed by atoms with E-state index in [-0.39, 0.29) is 11.1 Å². The quantitative estimate of drug-likeness (QED) is 0.764. The Morgan fingerprint density at radius 1 is 1.30 bits per heavy atom. The highest BCUT2D eigenvalue weighted by atomic mass is 32.2. The number of fused-ring (bicyclic) bond motifs is 1. The van der Waals surface area contributed by atoms with Crippen LogP contribution in [-0.2, 0) is 0 Å². The van der Waals surface area contributed by atoms with Gasteiger partial charge in [0.25, 0.3) is 0 Å². The number of phenols is 1. The highest BCUT2D eigenvalue weighted by Gasteiger charge is 2.28. The van der Waals surface area contributed by atoms with Crippen molar-refractivity contribution < 1.29 is 9.84 Å². The van der Waals surface area contributed by atoms with Gasteiger partial charge in [-0.25, -0.2) is 4.68 Å². The minimum Gasteiger partial charge on any atom is -0.504 e. The molecule has 0 spiro atoms. The van der Waals surface area contributed by atoms with Crippen molar-refractivity contribution >= 4 is 11.8 Å². The summed E-state index contributed by atoms with van der Waals surface area (Å²) in [6.07, 6.45) is 3.47. The Morgan fingerprint density at radius 2 is 2.22 bits per heavy atom. The van der Waals surface area contributed by atoms with Crippen molar-refractivity contribution in [3.63, 3.8) is 0 Å². The van der Waals surface area contributed by atoms with Gasteiger partial charge in [-0.1, -0.05) is 17.8 Å². The van der Waals surface area contributed by atoms with E-state index in [2.05, 4.69) is 20.6 Å². The third kappa shape index (κ3) is 2.36. The smallest absolute Gasteiger partial charge is 0.212 e. The van der Waals surface area contributed by atoms with Crippen molar-refractivity contribution in [2.24, 2.45) is 0 Å². The fourth-order valence-electron chi connectivity index (χ4n) is 2.39. The normalized spacial score (nSPS) is 16.0. The lowest BCUT2D eigenvalue weighted by Crippen LogP contribution is -2.13. The first-order valence-electron chi connectivity index (χ1n) is 6.92. The molecule has 0 amide bonds. The van der Waals surface area contributed by atoms with Crippen molar-refractivity contribution in [2.45, 2.75) is 10.5 Å². The van der Waals surface area contributed by atoms with Crippen LogP contribution in [0.15, 0.2) is 47.9 Å². The van der Waals surface area contributed by atoms with Gasteiger partial charge in [0.1, 0.15) is 5.37 Å². The monoisotopic (exact) mass is 327 g/mol. The number of pyridine rings is 1. The molecule has 4 rings (SSSR count). The molecule has 1 aliphatic heterocycles. The van der Waals surface area contributed by atoms with Gasteiger partial charge in [-0.05, 0) is 29.8 Å². The highest BCUT2D eigenvalue weighted by molar-refractivity contribution is 7.99. The molecule has 3 heterocycles. The molecule has 1 aliphatic rings. The number of hydrogen-bond acceptors (Lipinski definition) is 7. The van der Waals surface area contributed by atoms with Gasteiger partial charge < -0.3 is 15.3 Å². The minimum absolute atomic E-state index is 0.0366. The van der Waals surface area contributed by atoms with Gasteiger partial charge >= 0.3 is 0 Å². The third-order valence-corrected chi connectivity index (χ3v) is 4.62. The Balaban J connectivity index is 1.65. The zero-order chi connectivity index (χ0) is 15.8. The molecule has 0 fully saturated rings. The first-order valence-corrected chi connectivity index (χ1v) is 7.80. The summed E-state index contributed by atoms with van der Waals surface area (Å²) in [5.74, 6) is 1.28. The number of nitrogens with one attached hydrogen (secondary N) is 1. The van der Waals surface area contributed by atoms with Crippen molar-refractivity contribution in [3.8, 4) is 22.9 Å². The molecular weight excluding hydrogens is 314 g/mol. The molecule has 8 heteroatoms. The van der Waals surface area contributed by atoms with E-state index in [0.29, 0.717) is 11.6 Å². The predicted molar refractivity (Wildman–Crippen MR) is 85.9 cm³/mol. The highest BCUT2D eigenvalue weighted by Crippen LogP contribution is 2.42. The zero-order valence-corrected chi connectivity index (χ0v) is 13.0. The second-order valence-electron chi connectivity index (χ2n) is 4.94. The van der Waals surface area contributed by atoms with Crippen molar-refractivity contribution in [1.29, 1.82) is 0 Å². The van der Waals surface area contributed by atoms with Gasteiger partial charge in [0.15, 0.2) is 17.3 Å². The third-order valence-electron chi connectivity index (χ3n) is 3.53. The summed E-state index contributed by atoms with van der Waals surface area (Å²) in [6, 6.07) is 9.09. The molecule has 1 aromatic carbocycles. The fraction of sp³-hybridized carbons (Fsp3) is 0.133. The van der Waals surface area contributed by atoms with E-state index in [4.69, 9.17) is 4.74 Å². The lowest BCUT2D eigenvalue weighted by molar-refractivity contribution is 0.373. The number of hydrogen-bond donors (Lipinski definition) is 2. The molecule has 0 aliphatic carbocycles. The molecule has 3 aromatic rings. The van der Waals surface area contributed by atoms with Crippen molar-refractivity contribution in [2.75, 3.05) is 12.5 Å². The van der Waals surface area contributed by atoms with Crippen LogP contribution in [0.2, 0.25) is 0 Å². The molecule has 116 valence electrons. The second-order valence-corrected chi connectivity index (χ2v) is 6.01. The lowest BCUT2D eigenvalue weighted by Gasteiger charge is -2.13. The van der Waals surface area contributed by atoms with Crippen LogP contribution in [0.25, 0.3) is 11.4 Å². The van der Waals surface area contributed by atoms with Gasteiger partial charge in [-0.15, -0.1) is 10.2 Å². The van der Waals surface area contributed by atoms with Gasteiger partial charge in [0.05, 0.1) is 7.11 Å². The minimum atomic E-state index is -0.0366. The van der Waals surface area contributed by atoms with Crippen LogP contribution in [0.3, 0.4) is 0 Å². The molecule has 23 heavy (non-hydrogen) atoms. The Bertz CT molecular complexity index is 852. The molecule has 2 aromatic heterocycles. The Morgan fingerprint density at radius 3 is 3.00 bits per heavy atom. The maximum absolute atomic E-state index is 9.72. The van der Waals surface area contributed by atoms with Crippen LogP contribution in [-0.4, -0.2) is 32.1 Å². The van der Waals surface area contributed by atoms with Crippen LogP contribution in [0.4, 0.5) is 0 Å². The number of benzene rings is 1.